The van der Waals surface area contributed by atoms with Gasteiger partial charge in [-0.3, -0.25) is 0 Å². The van der Waals surface area contributed by atoms with E-state index in [9.17, 15) is 26.3 Å². The molecular weight excluding hydrogens is 594 g/mol. The second-order valence-electron chi connectivity index (χ2n) is 11.3. The van der Waals surface area contributed by atoms with Crippen LogP contribution >= 0.6 is 0 Å². The van der Waals surface area contributed by atoms with Gasteiger partial charge in [0.15, 0.2) is 11.6 Å². The fraction of sp³-hybridized carbons (Fsp3) is 0.250. The van der Waals surface area contributed by atoms with Gasteiger partial charge in [0.2, 0.25) is 0 Å². The van der Waals surface area contributed by atoms with Crippen LogP contribution in [-0.2, 0) is 0 Å². The Bertz CT molecular complexity index is 1570. The predicted octanol–water partition coefficient (Wildman–Crippen LogP) is 12.4. The average Bonchev–Trinajstić information content (AvgIpc) is 3.00. The Balaban J connectivity index is 0.000000288. The second kappa shape index (κ2) is 19.3. The molecule has 0 atom stereocenters. The van der Waals surface area contributed by atoms with E-state index in [1.165, 1.54) is 56.2 Å². The summed E-state index contributed by atoms with van der Waals surface area (Å²) in [6, 6.07) is 24.7. The van der Waals surface area contributed by atoms with Crippen LogP contribution < -0.4 is 0 Å². The predicted molar refractivity (Wildman–Crippen MR) is 179 cm³/mol. The molecule has 0 aliphatic heterocycles. The molecule has 0 aromatic heterocycles. The molecule has 0 nitrogen and oxygen atoms in total. The van der Waals surface area contributed by atoms with Crippen LogP contribution in [-0.4, -0.2) is 0 Å². The van der Waals surface area contributed by atoms with E-state index in [2.05, 4.69) is 38.1 Å². The van der Waals surface area contributed by atoms with E-state index in [4.69, 9.17) is 0 Å². The third-order valence-corrected chi connectivity index (χ3v) is 6.77. The summed E-state index contributed by atoms with van der Waals surface area (Å²) in [6.07, 6.45) is 0. The van der Waals surface area contributed by atoms with Crippen molar-refractivity contribution in [2.24, 2.45) is 0 Å². The largest absolute Gasteiger partial charge is 0.207 e. The Morgan fingerprint density at radius 2 is 0.543 bits per heavy atom. The maximum absolute atomic E-state index is 12.6. The lowest BCUT2D eigenvalue weighted by Gasteiger charge is -1.99. The van der Waals surface area contributed by atoms with Crippen molar-refractivity contribution in [3.8, 4) is 0 Å². The van der Waals surface area contributed by atoms with Crippen molar-refractivity contribution in [3.63, 3.8) is 0 Å². The standard InChI is InChI=1S/2C8H8F2.2C8H9F.C8H10/c1-5-3-7(9)6(2)8(10)4-5;1-5-3-4-6(2)8(10)7(5)9;2*1-6-3-4-7(2)8(9)5-6;1-7-3-5-8(2)6-4-7/h2*3-4H,1-2H3;2*3-5H,1-2H3;3-6H,1-2H3. The summed E-state index contributed by atoms with van der Waals surface area (Å²) >= 11 is 0. The molecule has 5 aromatic carbocycles. The highest BCUT2D eigenvalue weighted by Crippen LogP contribution is 2.14. The number of hydrogen-bond donors (Lipinski definition) is 0. The van der Waals surface area contributed by atoms with Gasteiger partial charge in [-0.2, -0.15) is 0 Å². The van der Waals surface area contributed by atoms with E-state index >= 15 is 0 Å². The summed E-state index contributed by atoms with van der Waals surface area (Å²) in [5, 5.41) is 0. The summed E-state index contributed by atoms with van der Waals surface area (Å²) in [5.41, 5.74) is 7.42. The Hall–Kier alpha value is -4.32. The molecular formula is C40H44F6. The lowest BCUT2D eigenvalue weighted by molar-refractivity contribution is 0.497. The molecule has 5 rings (SSSR count). The first-order valence-electron chi connectivity index (χ1n) is 14.7. The van der Waals surface area contributed by atoms with E-state index in [1.807, 2.05) is 26.0 Å². The highest BCUT2D eigenvalue weighted by molar-refractivity contribution is 5.25. The van der Waals surface area contributed by atoms with Gasteiger partial charge < -0.3 is 0 Å². The Labute approximate surface area is 270 Å². The fourth-order valence-electron chi connectivity index (χ4n) is 3.55. The smallest absolute Gasteiger partial charge is 0.161 e. The van der Waals surface area contributed by atoms with Gasteiger partial charge in [-0.05, 0) is 132 Å². The van der Waals surface area contributed by atoms with E-state index in [1.54, 1.807) is 45.0 Å². The molecule has 0 heterocycles. The van der Waals surface area contributed by atoms with E-state index in [0.29, 0.717) is 27.8 Å². The van der Waals surface area contributed by atoms with Gasteiger partial charge in [0.1, 0.15) is 23.3 Å². The van der Waals surface area contributed by atoms with Gasteiger partial charge in [0.25, 0.3) is 0 Å². The van der Waals surface area contributed by atoms with Gasteiger partial charge in [-0.25, -0.2) is 26.3 Å². The molecule has 0 N–H and O–H groups in total. The lowest BCUT2D eigenvalue weighted by Crippen LogP contribution is -1.91. The molecule has 5 aromatic rings. The van der Waals surface area contributed by atoms with Crippen LogP contribution in [0.1, 0.15) is 55.6 Å². The molecule has 0 unspecified atom stereocenters. The molecule has 0 bridgehead atoms. The van der Waals surface area contributed by atoms with Gasteiger partial charge in [-0.1, -0.05) is 71.8 Å². The van der Waals surface area contributed by atoms with Crippen molar-refractivity contribution in [2.75, 3.05) is 0 Å². The zero-order valence-corrected chi connectivity index (χ0v) is 28.4. The Morgan fingerprint density at radius 1 is 0.283 bits per heavy atom. The number of halogens is 6. The van der Waals surface area contributed by atoms with Crippen LogP contribution in [0.2, 0.25) is 0 Å². The highest BCUT2D eigenvalue weighted by atomic mass is 19.2. The van der Waals surface area contributed by atoms with Crippen LogP contribution in [0.4, 0.5) is 26.3 Å². The zero-order valence-electron chi connectivity index (χ0n) is 28.4. The summed E-state index contributed by atoms with van der Waals surface area (Å²) in [5.74, 6) is -2.65. The van der Waals surface area contributed by atoms with Gasteiger partial charge in [-0.15, -0.1) is 0 Å². The quantitative estimate of drug-likeness (QED) is 0.148. The number of hydrogen-bond acceptors (Lipinski definition) is 0. The third-order valence-electron chi connectivity index (χ3n) is 6.77. The van der Waals surface area contributed by atoms with E-state index in [0.717, 1.165) is 11.1 Å². The SMILES string of the molecule is Cc1cc(F)c(C)c(F)c1.Cc1ccc(C)c(F)c1.Cc1ccc(C)c(F)c1.Cc1ccc(C)c(F)c1F.Cc1ccc(C)cc1. The van der Waals surface area contributed by atoms with Gasteiger partial charge in [0.05, 0.1) is 0 Å². The van der Waals surface area contributed by atoms with Crippen LogP contribution in [0.25, 0.3) is 0 Å². The van der Waals surface area contributed by atoms with Gasteiger partial charge in [0, 0.05) is 5.56 Å². The van der Waals surface area contributed by atoms with E-state index < -0.39 is 23.3 Å². The minimum Gasteiger partial charge on any atom is -0.207 e. The second-order valence-corrected chi connectivity index (χ2v) is 11.3. The summed E-state index contributed by atoms with van der Waals surface area (Å²) in [7, 11) is 0. The first-order valence-corrected chi connectivity index (χ1v) is 14.7. The molecule has 6 heteroatoms. The first-order chi connectivity index (χ1) is 21.4. The number of rotatable bonds is 0. The van der Waals surface area contributed by atoms with Crippen molar-refractivity contribution < 1.29 is 26.3 Å². The van der Waals surface area contributed by atoms with Gasteiger partial charge >= 0.3 is 0 Å². The third kappa shape index (κ3) is 14.2. The topological polar surface area (TPSA) is 0 Å². The molecule has 0 aliphatic rings. The molecule has 0 saturated heterocycles. The van der Waals surface area contributed by atoms with E-state index in [-0.39, 0.29) is 17.2 Å². The number of aryl methyl sites for hydroxylation is 9. The van der Waals surface area contributed by atoms with Crippen LogP contribution in [0.5, 0.6) is 0 Å². The highest BCUT2D eigenvalue weighted by Gasteiger charge is 2.06. The fourth-order valence-corrected chi connectivity index (χ4v) is 3.55. The van der Waals surface area contributed by atoms with Crippen LogP contribution in [0.15, 0.2) is 84.9 Å². The Kier molecular flexibility index (Phi) is 16.6. The normalized spacial score (nSPS) is 9.74. The first kappa shape index (κ1) is 39.7. The van der Waals surface area contributed by atoms with Crippen molar-refractivity contribution in [2.45, 2.75) is 69.2 Å². The molecule has 0 aliphatic carbocycles. The molecule has 0 fully saturated rings. The summed E-state index contributed by atoms with van der Waals surface area (Å²) in [4.78, 5) is 0. The van der Waals surface area contributed by atoms with Crippen molar-refractivity contribution >= 4 is 0 Å². The summed E-state index contributed by atoms with van der Waals surface area (Å²) < 4.78 is 75.6. The minimum absolute atomic E-state index is 0.0885. The van der Waals surface area contributed by atoms with Crippen molar-refractivity contribution in [1.29, 1.82) is 0 Å². The average molecular weight is 639 g/mol. The Morgan fingerprint density at radius 3 is 0.826 bits per heavy atom. The molecule has 246 valence electrons. The van der Waals surface area contributed by atoms with Crippen LogP contribution in [0, 0.1) is 104 Å². The lowest BCUT2D eigenvalue weighted by atomic mass is 10.1. The minimum atomic E-state index is -0.736. The maximum atomic E-state index is 12.6. The maximum Gasteiger partial charge on any atom is 0.161 e. The van der Waals surface area contributed by atoms with Crippen molar-refractivity contribution in [1.82, 2.24) is 0 Å². The summed E-state index contributed by atoms with van der Waals surface area (Å²) in [6.45, 7) is 17.6. The number of benzene rings is 5. The van der Waals surface area contributed by atoms with Crippen molar-refractivity contribution in [3.05, 3.63) is 175 Å². The zero-order chi connectivity index (χ0) is 35.1. The monoisotopic (exact) mass is 638 g/mol. The molecule has 0 amide bonds. The molecule has 46 heavy (non-hydrogen) atoms. The van der Waals surface area contributed by atoms with Crippen LogP contribution in [0.3, 0.4) is 0 Å². The molecule has 0 radical (unpaired) electrons. The molecule has 0 spiro atoms. The molecule has 0 saturated carbocycles.